The second-order valence-corrected chi connectivity index (χ2v) is 7.50. The van der Waals surface area contributed by atoms with Gasteiger partial charge in [0.25, 0.3) is 0 Å². The SMILES string of the molecule is O=C1C[C@H]2c3ccccc3[C@H]1[C@H]1C(=O)N(c3cccc(C(F)(F)F)c3)C(=O)[C@H]12. The predicted molar refractivity (Wildman–Crippen MR) is 92.5 cm³/mol. The number of hydrogen-bond donors (Lipinski definition) is 0. The lowest BCUT2D eigenvalue weighted by molar-refractivity contribution is -0.137. The van der Waals surface area contributed by atoms with Gasteiger partial charge in [-0.25, -0.2) is 4.90 Å². The minimum Gasteiger partial charge on any atom is -0.299 e. The van der Waals surface area contributed by atoms with Gasteiger partial charge in [0.05, 0.1) is 29.0 Å². The lowest BCUT2D eigenvalue weighted by atomic mass is 9.56. The van der Waals surface area contributed by atoms with Crippen molar-refractivity contribution in [2.24, 2.45) is 11.8 Å². The van der Waals surface area contributed by atoms with Gasteiger partial charge in [0.2, 0.25) is 11.8 Å². The van der Waals surface area contributed by atoms with Gasteiger partial charge in [-0.3, -0.25) is 14.4 Å². The average molecular weight is 385 g/mol. The molecule has 0 N–H and O–H groups in total. The number of hydrogen-bond acceptors (Lipinski definition) is 3. The highest BCUT2D eigenvalue weighted by atomic mass is 19.4. The summed E-state index contributed by atoms with van der Waals surface area (Å²) in [5.41, 5.74) is 0.621. The molecule has 0 unspecified atom stereocenters. The topological polar surface area (TPSA) is 54.5 Å². The van der Waals surface area contributed by atoms with Gasteiger partial charge < -0.3 is 0 Å². The Labute approximate surface area is 157 Å². The zero-order valence-electron chi connectivity index (χ0n) is 14.4. The zero-order chi connectivity index (χ0) is 19.8. The smallest absolute Gasteiger partial charge is 0.299 e. The molecular weight excluding hydrogens is 371 g/mol. The van der Waals surface area contributed by atoms with Crippen molar-refractivity contribution < 1.29 is 27.6 Å². The van der Waals surface area contributed by atoms with Crippen LogP contribution in [-0.2, 0) is 20.6 Å². The number of rotatable bonds is 1. The number of carbonyl (C=O) groups excluding carboxylic acids is 3. The molecule has 6 rings (SSSR count). The fourth-order valence-electron chi connectivity index (χ4n) is 5.04. The molecule has 2 amide bonds. The molecule has 28 heavy (non-hydrogen) atoms. The molecule has 2 aromatic rings. The molecule has 0 spiro atoms. The fraction of sp³-hybridized carbons (Fsp3) is 0.286. The van der Waals surface area contributed by atoms with Crippen LogP contribution in [0.2, 0.25) is 0 Å². The molecule has 1 aliphatic heterocycles. The highest BCUT2D eigenvalue weighted by Crippen LogP contribution is 2.57. The number of nitrogens with zero attached hydrogens (tertiary/aromatic N) is 1. The van der Waals surface area contributed by atoms with Crippen molar-refractivity contribution in [2.75, 3.05) is 4.90 Å². The van der Waals surface area contributed by atoms with Crippen molar-refractivity contribution in [1.82, 2.24) is 0 Å². The second-order valence-electron chi connectivity index (χ2n) is 7.50. The Morgan fingerprint density at radius 2 is 1.54 bits per heavy atom. The van der Waals surface area contributed by atoms with E-state index in [2.05, 4.69) is 0 Å². The van der Waals surface area contributed by atoms with E-state index >= 15 is 0 Å². The van der Waals surface area contributed by atoms with E-state index in [9.17, 15) is 27.6 Å². The van der Waals surface area contributed by atoms with Crippen LogP contribution in [0.25, 0.3) is 0 Å². The van der Waals surface area contributed by atoms with Gasteiger partial charge >= 0.3 is 6.18 Å². The van der Waals surface area contributed by atoms with Gasteiger partial charge in [0, 0.05) is 12.3 Å². The highest BCUT2D eigenvalue weighted by Gasteiger charge is 2.62. The first-order valence-electron chi connectivity index (χ1n) is 8.95. The zero-order valence-corrected chi connectivity index (χ0v) is 14.4. The summed E-state index contributed by atoms with van der Waals surface area (Å²) >= 11 is 0. The van der Waals surface area contributed by atoms with Crippen molar-refractivity contribution in [3.63, 3.8) is 0 Å². The fourth-order valence-corrected chi connectivity index (χ4v) is 5.04. The summed E-state index contributed by atoms with van der Waals surface area (Å²) in [5, 5.41) is 0. The third-order valence-corrected chi connectivity index (χ3v) is 6.12. The van der Waals surface area contributed by atoms with E-state index < -0.39 is 47.2 Å². The Morgan fingerprint density at radius 3 is 2.25 bits per heavy atom. The van der Waals surface area contributed by atoms with Crippen LogP contribution in [-0.4, -0.2) is 17.6 Å². The molecule has 1 heterocycles. The van der Waals surface area contributed by atoms with Gasteiger partial charge in [0.15, 0.2) is 0 Å². The van der Waals surface area contributed by atoms with E-state index in [0.717, 1.165) is 28.2 Å². The van der Waals surface area contributed by atoms with E-state index in [1.54, 1.807) is 12.1 Å². The minimum atomic E-state index is -4.58. The number of halogens is 3. The molecular formula is C21H14F3NO3. The maximum atomic E-state index is 13.1. The quantitative estimate of drug-likeness (QED) is 0.704. The number of anilines is 1. The Bertz CT molecular complexity index is 1050. The first-order chi connectivity index (χ1) is 13.3. The van der Waals surface area contributed by atoms with Gasteiger partial charge in [-0.1, -0.05) is 30.3 Å². The van der Waals surface area contributed by atoms with Gasteiger partial charge in [0.1, 0.15) is 5.78 Å². The Balaban J connectivity index is 1.62. The highest BCUT2D eigenvalue weighted by molar-refractivity contribution is 6.24. The molecule has 7 heteroatoms. The first kappa shape index (κ1) is 17.2. The van der Waals surface area contributed by atoms with Crippen molar-refractivity contribution in [3.8, 4) is 0 Å². The van der Waals surface area contributed by atoms with Crippen molar-refractivity contribution in [2.45, 2.75) is 24.4 Å². The molecule has 142 valence electrons. The van der Waals surface area contributed by atoms with Gasteiger partial charge in [-0.05, 0) is 29.3 Å². The molecule has 2 bridgehead atoms. The Hall–Kier alpha value is -2.96. The van der Waals surface area contributed by atoms with Crippen molar-refractivity contribution >= 4 is 23.3 Å². The second kappa shape index (κ2) is 5.53. The first-order valence-corrected chi connectivity index (χ1v) is 8.95. The molecule has 2 fully saturated rings. The molecule has 4 nitrogen and oxygen atoms in total. The number of amides is 2. The van der Waals surface area contributed by atoms with Crippen LogP contribution < -0.4 is 4.90 Å². The molecule has 0 aromatic heterocycles. The number of ketones is 1. The Kier molecular flexibility index (Phi) is 3.39. The molecule has 1 saturated heterocycles. The van der Waals surface area contributed by atoms with E-state index in [1.807, 2.05) is 12.1 Å². The summed E-state index contributed by atoms with van der Waals surface area (Å²) in [7, 11) is 0. The summed E-state index contributed by atoms with van der Waals surface area (Å²) in [6.07, 6.45) is -4.40. The van der Waals surface area contributed by atoms with Crippen LogP contribution >= 0.6 is 0 Å². The number of benzene rings is 2. The summed E-state index contributed by atoms with van der Waals surface area (Å²) < 4.78 is 39.2. The molecule has 4 aliphatic rings. The minimum absolute atomic E-state index is 0.0861. The summed E-state index contributed by atoms with van der Waals surface area (Å²) in [6.45, 7) is 0. The maximum absolute atomic E-state index is 13.1. The third kappa shape index (κ3) is 2.16. The number of fused-ring (bicyclic) bond motifs is 1. The van der Waals surface area contributed by atoms with Crippen LogP contribution in [0.1, 0.15) is 34.9 Å². The van der Waals surface area contributed by atoms with Crippen LogP contribution in [0.15, 0.2) is 48.5 Å². The van der Waals surface area contributed by atoms with Crippen molar-refractivity contribution in [1.29, 1.82) is 0 Å². The summed E-state index contributed by atoms with van der Waals surface area (Å²) in [6, 6.07) is 11.5. The molecule has 2 aromatic carbocycles. The van der Waals surface area contributed by atoms with Crippen LogP contribution in [0, 0.1) is 11.8 Å². The lowest BCUT2D eigenvalue weighted by Gasteiger charge is -2.43. The van der Waals surface area contributed by atoms with E-state index in [4.69, 9.17) is 0 Å². The molecule has 1 saturated carbocycles. The van der Waals surface area contributed by atoms with E-state index in [0.29, 0.717) is 0 Å². The molecule has 4 atom stereocenters. The van der Waals surface area contributed by atoms with Crippen LogP contribution in [0.5, 0.6) is 0 Å². The van der Waals surface area contributed by atoms with E-state index in [1.165, 1.54) is 12.1 Å². The Morgan fingerprint density at radius 1 is 0.857 bits per heavy atom. The molecule has 3 aliphatic carbocycles. The standard InChI is InChI=1S/C21H14F3NO3/c22-21(23,24)10-4-3-5-11(8-10)25-19(27)17-14-9-15(26)16(18(17)20(25)28)13-7-2-1-6-12(13)14/h1-8,14,16-18H,9H2/t14-,16+,17-,18+/m0/s1. The predicted octanol–water partition coefficient (Wildman–Crippen LogP) is 3.66. The van der Waals surface area contributed by atoms with Crippen molar-refractivity contribution in [3.05, 3.63) is 65.2 Å². The van der Waals surface area contributed by atoms with Crippen LogP contribution in [0.3, 0.4) is 0 Å². The third-order valence-electron chi connectivity index (χ3n) is 6.12. The van der Waals surface area contributed by atoms with Gasteiger partial charge in [-0.2, -0.15) is 13.2 Å². The maximum Gasteiger partial charge on any atom is 0.416 e. The van der Waals surface area contributed by atoms with Crippen LogP contribution in [0.4, 0.5) is 18.9 Å². The van der Waals surface area contributed by atoms with Gasteiger partial charge in [-0.15, -0.1) is 0 Å². The number of imide groups is 1. The number of Topliss-reactive ketones (excluding diaryl/α,β-unsaturated/α-hetero) is 1. The summed E-state index contributed by atoms with van der Waals surface area (Å²) in [4.78, 5) is 39.7. The monoisotopic (exact) mass is 385 g/mol. The van der Waals surface area contributed by atoms with E-state index in [-0.39, 0.29) is 17.9 Å². The largest absolute Gasteiger partial charge is 0.416 e. The average Bonchev–Trinajstić information content (AvgIpc) is 2.93. The number of alkyl halides is 3. The molecule has 0 radical (unpaired) electrons. The lowest BCUT2D eigenvalue weighted by Crippen LogP contribution is -2.44. The normalized spacial score (nSPS) is 28.5. The number of carbonyl (C=O) groups is 3. The summed E-state index contributed by atoms with van der Waals surface area (Å²) in [5.74, 6) is -3.87.